The van der Waals surface area contributed by atoms with Gasteiger partial charge in [0.15, 0.2) is 0 Å². The third kappa shape index (κ3) is 26.2. The first kappa shape index (κ1) is 47.5. The zero-order chi connectivity index (χ0) is 38.6. The van der Waals surface area contributed by atoms with Gasteiger partial charge in [-0.25, -0.2) is 0 Å². The summed E-state index contributed by atoms with van der Waals surface area (Å²) in [5, 5.41) is 11.0. The van der Waals surface area contributed by atoms with Crippen molar-refractivity contribution in [2.75, 3.05) is 18.0 Å². The molecule has 0 aliphatic rings. The lowest BCUT2D eigenvalue weighted by Crippen LogP contribution is -2.25. The minimum atomic E-state index is -0.349. The Bertz CT molecular complexity index is 1110. The van der Waals surface area contributed by atoms with Gasteiger partial charge < -0.3 is 4.90 Å². The number of anilines is 1. The molecule has 0 radical (unpaired) electrons. The minimum Gasteiger partial charge on any atom is -0.372 e. The van der Waals surface area contributed by atoms with Gasteiger partial charge in [-0.3, -0.25) is 10.1 Å². The molecular weight excluding hydrogens is 661 g/mol. The van der Waals surface area contributed by atoms with Crippen LogP contribution in [0, 0.1) is 10.1 Å². The summed E-state index contributed by atoms with van der Waals surface area (Å²) in [6.45, 7) is 6.89. The monoisotopic (exact) mass is 745 g/mol. The summed E-state index contributed by atoms with van der Waals surface area (Å²) >= 11 is 0. The van der Waals surface area contributed by atoms with E-state index in [4.69, 9.17) is 0 Å². The van der Waals surface area contributed by atoms with Crippen molar-refractivity contribution in [1.29, 1.82) is 0 Å². The Hall–Kier alpha value is -2.62. The number of unbranched alkanes of at least 4 members (excludes halogenated alkanes) is 30. The first-order chi connectivity index (χ1) is 26.6. The number of non-ortho nitro benzene ring substituents is 1. The summed E-state index contributed by atoms with van der Waals surface area (Å²) in [6, 6.07) is 15.7. The van der Waals surface area contributed by atoms with Crippen molar-refractivity contribution in [2.24, 2.45) is 0 Å². The van der Waals surface area contributed by atoms with Crippen LogP contribution in [0.3, 0.4) is 0 Å². The predicted octanol–water partition coefficient (Wildman–Crippen LogP) is 17.1. The van der Waals surface area contributed by atoms with Gasteiger partial charge in [-0.05, 0) is 48.2 Å². The number of benzene rings is 2. The second-order valence-corrected chi connectivity index (χ2v) is 16.4. The SMILES string of the molecule is CCCCCCCCCCCCCCCCCCN(CCCCCCCCCCCCCCCCCC)c1ccc(C=Cc2ccc([N+](=O)[O-])cc2)cc1. The van der Waals surface area contributed by atoms with Crippen LogP contribution in [0.4, 0.5) is 11.4 Å². The van der Waals surface area contributed by atoms with Crippen molar-refractivity contribution < 1.29 is 4.92 Å². The molecule has 0 aromatic heterocycles. The van der Waals surface area contributed by atoms with Crippen molar-refractivity contribution in [3.63, 3.8) is 0 Å². The van der Waals surface area contributed by atoms with Gasteiger partial charge in [0.25, 0.3) is 5.69 Å². The van der Waals surface area contributed by atoms with Gasteiger partial charge in [-0.15, -0.1) is 0 Å². The summed E-state index contributed by atoms with van der Waals surface area (Å²) < 4.78 is 0. The lowest BCUT2D eigenvalue weighted by Gasteiger charge is -2.25. The molecule has 0 bridgehead atoms. The second-order valence-electron chi connectivity index (χ2n) is 16.4. The zero-order valence-corrected chi connectivity index (χ0v) is 35.5. The second kappa shape index (κ2) is 34.8. The zero-order valence-electron chi connectivity index (χ0n) is 35.5. The molecule has 0 N–H and O–H groups in total. The van der Waals surface area contributed by atoms with E-state index >= 15 is 0 Å². The van der Waals surface area contributed by atoms with Crippen LogP contribution >= 0.6 is 0 Å². The van der Waals surface area contributed by atoms with E-state index in [2.05, 4.69) is 49.1 Å². The summed E-state index contributed by atoms with van der Waals surface area (Å²) in [5.41, 5.74) is 3.59. The lowest BCUT2D eigenvalue weighted by atomic mass is 10.0. The number of hydrogen-bond donors (Lipinski definition) is 0. The summed E-state index contributed by atoms with van der Waals surface area (Å²) in [5.74, 6) is 0. The van der Waals surface area contributed by atoms with Gasteiger partial charge in [0.05, 0.1) is 4.92 Å². The molecule has 0 saturated heterocycles. The molecule has 2 aromatic rings. The molecule has 0 unspecified atom stereocenters. The van der Waals surface area contributed by atoms with E-state index in [-0.39, 0.29) is 10.6 Å². The molecule has 306 valence electrons. The Morgan fingerprint density at radius 2 is 0.667 bits per heavy atom. The van der Waals surface area contributed by atoms with Gasteiger partial charge >= 0.3 is 0 Å². The van der Waals surface area contributed by atoms with Crippen molar-refractivity contribution >= 4 is 23.5 Å². The highest BCUT2D eigenvalue weighted by atomic mass is 16.6. The van der Waals surface area contributed by atoms with Crippen LogP contribution in [0.25, 0.3) is 12.2 Å². The van der Waals surface area contributed by atoms with Crippen LogP contribution in [0.15, 0.2) is 48.5 Å². The fourth-order valence-corrected chi connectivity index (χ4v) is 7.77. The molecule has 0 fully saturated rings. The van der Waals surface area contributed by atoms with Crippen molar-refractivity contribution in [2.45, 2.75) is 219 Å². The third-order valence-corrected chi connectivity index (χ3v) is 11.4. The summed E-state index contributed by atoms with van der Waals surface area (Å²) in [6.07, 6.45) is 49.2. The smallest absolute Gasteiger partial charge is 0.269 e. The molecule has 4 heteroatoms. The van der Waals surface area contributed by atoms with Crippen LogP contribution in [0.5, 0.6) is 0 Å². The normalized spacial score (nSPS) is 11.5. The standard InChI is InChI=1S/C50H84N2O2/c1-3-5-7-9-11-13-15-17-19-21-23-25-27-29-31-33-45-51(46-34-32-30-28-26-24-22-20-18-16-14-12-10-8-6-4-2)49-41-37-47(38-42-49)35-36-48-39-43-50(44-40-48)52(53)54/h35-44H,3-34,45-46H2,1-2H3. The maximum Gasteiger partial charge on any atom is 0.269 e. The molecular formula is C50H84N2O2. The van der Waals surface area contributed by atoms with Crippen molar-refractivity contribution in [3.8, 4) is 0 Å². The van der Waals surface area contributed by atoms with Crippen LogP contribution in [-0.4, -0.2) is 18.0 Å². The van der Waals surface area contributed by atoms with Gasteiger partial charge in [0, 0.05) is 30.9 Å². The van der Waals surface area contributed by atoms with Crippen LogP contribution in [-0.2, 0) is 0 Å². The van der Waals surface area contributed by atoms with Crippen molar-refractivity contribution in [1.82, 2.24) is 0 Å². The van der Waals surface area contributed by atoms with Gasteiger partial charge in [-0.2, -0.15) is 0 Å². The quantitative estimate of drug-likeness (QED) is 0.0298. The van der Waals surface area contributed by atoms with E-state index in [1.54, 1.807) is 24.3 Å². The molecule has 0 atom stereocenters. The van der Waals surface area contributed by atoms with E-state index in [1.807, 2.05) is 6.08 Å². The van der Waals surface area contributed by atoms with Crippen LogP contribution < -0.4 is 4.90 Å². The van der Waals surface area contributed by atoms with Crippen molar-refractivity contribution in [3.05, 3.63) is 69.8 Å². The van der Waals surface area contributed by atoms with E-state index in [1.165, 1.54) is 211 Å². The largest absolute Gasteiger partial charge is 0.372 e. The third-order valence-electron chi connectivity index (χ3n) is 11.4. The molecule has 0 amide bonds. The Balaban J connectivity index is 1.65. The summed E-state index contributed by atoms with van der Waals surface area (Å²) in [4.78, 5) is 13.3. The number of nitro benzene ring substituents is 1. The molecule has 4 nitrogen and oxygen atoms in total. The van der Waals surface area contributed by atoms with Gasteiger partial charge in [0.1, 0.15) is 0 Å². The molecule has 0 saturated carbocycles. The molecule has 2 aromatic carbocycles. The van der Waals surface area contributed by atoms with Gasteiger partial charge in [0.2, 0.25) is 0 Å². The molecule has 0 spiro atoms. The Morgan fingerprint density at radius 3 is 0.944 bits per heavy atom. The fourth-order valence-electron chi connectivity index (χ4n) is 7.77. The van der Waals surface area contributed by atoms with Crippen LogP contribution in [0.2, 0.25) is 0 Å². The van der Waals surface area contributed by atoms with Crippen LogP contribution in [0.1, 0.15) is 230 Å². The number of nitro groups is 1. The minimum absolute atomic E-state index is 0.130. The summed E-state index contributed by atoms with van der Waals surface area (Å²) in [7, 11) is 0. The Labute approximate surface area is 334 Å². The first-order valence-electron chi connectivity index (χ1n) is 23.4. The maximum absolute atomic E-state index is 11.0. The maximum atomic E-state index is 11.0. The number of rotatable bonds is 38. The molecule has 0 aliphatic heterocycles. The number of hydrogen-bond acceptors (Lipinski definition) is 3. The molecule has 0 aliphatic carbocycles. The molecule has 0 heterocycles. The molecule has 2 rings (SSSR count). The molecule has 54 heavy (non-hydrogen) atoms. The topological polar surface area (TPSA) is 46.4 Å². The van der Waals surface area contributed by atoms with Gasteiger partial charge in [-0.1, -0.05) is 231 Å². The van der Waals surface area contributed by atoms with E-state index in [0.717, 1.165) is 24.2 Å². The number of nitrogens with zero attached hydrogens (tertiary/aromatic N) is 2. The predicted molar refractivity (Wildman–Crippen MR) is 240 cm³/mol. The first-order valence-corrected chi connectivity index (χ1v) is 23.4. The van der Waals surface area contributed by atoms with E-state index in [0.29, 0.717) is 0 Å². The highest BCUT2D eigenvalue weighted by Crippen LogP contribution is 2.21. The fraction of sp³-hybridized carbons (Fsp3) is 0.720. The average molecular weight is 745 g/mol. The Morgan fingerprint density at radius 1 is 0.407 bits per heavy atom. The highest BCUT2D eigenvalue weighted by Gasteiger charge is 2.07. The Kier molecular flexibility index (Phi) is 30.7. The van der Waals surface area contributed by atoms with E-state index < -0.39 is 0 Å². The highest BCUT2D eigenvalue weighted by molar-refractivity contribution is 5.71. The van der Waals surface area contributed by atoms with E-state index in [9.17, 15) is 10.1 Å². The lowest BCUT2D eigenvalue weighted by molar-refractivity contribution is -0.384. The average Bonchev–Trinajstić information content (AvgIpc) is 3.19.